The number of fused-ring (bicyclic) bond motifs is 1. The number of hydrogen-bond donors (Lipinski definition) is 0. The maximum Gasteiger partial charge on any atom is 0.414 e. The van der Waals surface area contributed by atoms with Gasteiger partial charge in [-0.15, -0.1) is 0 Å². The Morgan fingerprint density at radius 2 is 1.65 bits per heavy atom. The Hall–Kier alpha value is -1.86. The standard InChI is InChI=1S/C24H39NO5Si/c1-22(2,3)30-21(27)25-15-18(17-13-11-12-14-19(17)25)24(7,20(26)28-8)16-29-31(9,10)23(4,5)6/h11-14,18H,15-16H2,1-10H3/t18-,24+/m0/s1. The summed E-state index contributed by atoms with van der Waals surface area (Å²) in [4.78, 5) is 27.7. The van der Waals surface area contributed by atoms with Gasteiger partial charge in [0.1, 0.15) is 5.60 Å². The first kappa shape index (κ1) is 25.4. The number of methoxy groups -OCH3 is 1. The summed E-state index contributed by atoms with van der Waals surface area (Å²) in [6, 6.07) is 7.68. The van der Waals surface area contributed by atoms with Crippen molar-refractivity contribution in [3.8, 4) is 0 Å². The molecule has 0 unspecified atom stereocenters. The van der Waals surface area contributed by atoms with Gasteiger partial charge in [-0.25, -0.2) is 4.79 Å². The molecule has 1 aliphatic rings. The van der Waals surface area contributed by atoms with Crippen molar-refractivity contribution in [1.82, 2.24) is 0 Å². The molecule has 0 aromatic heterocycles. The van der Waals surface area contributed by atoms with E-state index in [1.165, 1.54) is 7.11 Å². The maximum atomic E-state index is 13.1. The molecule has 2 rings (SSSR count). The highest BCUT2D eigenvalue weighted by atomic mass is 28.4. The Labute approximate surface area is 188 Å². The second-order valence-electron chi connectivity index (χ2n) is 11.2. The molecule has 2 atom stereocenters. The van der Waals surface area contributed by atoms with Crippen LogP contribution >= 0.6 is 0 Å². The molecule has 0 bridgehead atoms. The fourth-order valence-corrected chi connectivity index (χ4v) is 4.62. The number of nitrogens with zero attached hydrogens (tertiary/aromatic N) is 1. The van der Waals surface area contributed by atoms with E-state index < -0.39 is 25.4 Å². The van der Waals surface area contributed by atoms with Gasteiger partial charge in [0.05, 0.1) is 24.8 Å². The topological polar surface area (TPSA) is 65.1 Å². The molecule has 0 radical (unpaired) electrons. The lowest BCUT2D eigenvalue weighted by atomic mass is 9.75. The molecule has 1 amide bonds. The lowest BCUT2D eigenvalue weighted by Crippen LogP contribution is -2.48. The van der Waals surface area contributed by atoms with Crippen LogP contribution in [0.4, 0.5) is 10.5 Å². The number of carbonyl (C=O) groups is 2. The molecule has 0 N–H and O–H groups in total. The molecule has 1 aromatic carbocycles. The third-order valence-corrected chi connectivity index (χ3v) is 11.0. The Balaban J connectivity index is 2.43. The van der Waals surface area contributed by atoms with Crippen molar-refractivity contribution in [2.24, 2.45) is 5.41 Å². The number of amides is 1. The van der Waals surface area contributed by atoms with Crippen LogP contribution in [0, 0.1) is 5.41 Å². The first-order chi connectivity index (χ1) is 14.0. The molecule has 1 aromatic rings. The predicted octanol–water partition coefficient (Wildman–Crippen LogP) is 5.73. The quantitative estimate of drug-likeness (QED) is 0.424. The number of esters is 1. The summed E-state index contributed by atoms with van der Waals surface area (Å²) in [6.45, 7) is 18.8. The SMILES string of the molecule is COC(=O)[C@](C)(CO[Si](C)(C)C(C)(C)C)[C@H]1CN(C(=O)OC(C)(C)C)c2ccccc21. The third kappa shape index (κ3) is 5.31. The van der Waals surface area contributed by atoms with E-state index in [2.05, 4.69) is 33.9 Å². The first-order valence-corrected chi connectivity index (χ1v) is 13.8. The summed E-state index contributed by atoms with van der Waals surface area (Å²) in [5, 5.41) is 0.0141. The third-order valence-electron chi connectivity index (χ3n) is 6.54. The van der Waals surface area contributed by atoms with Crippen molar-refractivity contribution in [3.63, 3.8) is 0 Å². The van der Waals surface area contributed by atoms with E-state index in [0.29, 0.717) is 6.54 Å². The molecule has 174 valence electrons. The number of hydrogen-bond acceptors (Lipinski definition) is 5. The van der Waals surface area contributed by atoms with Gasteiger partial charge in [0, 0.05) is 12.5 Å². The highest BCUT2D eigenvalue weighted by Gasteiger charge is 2.51. The average molecular weight is 450 g/mol. The normalized spacial score (nSPS) is 18.9. The number of anilines is 1. The highest BCUT2D eigenvalue weighted by molar-refractivity contribution is 6.74. The molecule has 0 saturated carbocycles. The van der Waals surface area contributed by atoms with Crippen LogP contribution in [-0.2, 0) is 18.7 Å². The van der Waals surface area contributed by atoms with Crippen LogP contribution in [0.5, 0.6) is 0 Å². The summed E-state index contributed by atoms with van der Waals surface area (Å²) in [5.41, 5.74) is 0.141. The zero-order valence-electron chi connectivity index (χ0n) is 20.8. The monoisotopic (exact) mass is 449 g/mol. The van der Waals surface area contributed by atoms with E-state index in [9.17, 15) is 9.59 Å². The summed E-state index contributed by atoms with van der Waals surface area (Å²) >= 11 is 0. The van der Waals surface area contributed by atoms with E-state index in [4.69, 9.17) is 13.9 Å². The fourth-order valence-electron chi connectivity index (χ4n) is 3.52. The minimum atomic E-state index is -2.10. The zero-order chi connectivity index (χ0) is 23.8. The van der Waals surface area contributed by atoms with Crippen molar-refractivity contribution in [1.29, 1.82) is 0 Å². The van der Waals surface area contributed by atoms with E-state index in [1.807, 2.05) is 52.0 Å². The molecule has 1 heterocycles. The number of benzene rings is 1. The van der Waals surface area contributed by atoms with Crippen LogP contribution in [0.25, 0.3) is 0 Å². The predicted molar refractivity (Wildman–Crippen MR) is 126 cm³/mol. The first-order valence-electron chi connectivity index (χ1n) is 10.9. The minimum absolute atomic E-state index is 0.0141. The molecule has 0 saturated heterocycles. The molecule has 0 aliphatic carbocycles. The van der Waals surface area contributed by atoms with Gasteiger partial charge in [-0.2, -0.15) is 0 Å². The van der Waals surface area contributed by atoms with Crippen molar-refractivity contribution in [3.05, 3.63) is 29.8 Å². The number of rotatable bonds is 5. The summed E-state index contributed by atoms with van der Waals surface area (Å²) in [6.07, 6.45) is -0.417. The Kier molecular flexibility index (Phi) is 7.03. The number of para-hydroxylation sites is 1. The van der Waals surface area contributed by atoms with E-state index in [0.717, 1.165) is 11.3 Å². The van der Waals surface area contributed by atoms with Crippen LogP contribution in [0.2, 0.25) is 18.1 Å². The second kappa shape index (κ2) is 8.58. The van der Waals surface area contributed by atoms with Gasteiger partial charge in [-0.05, 0) is 57.5 Å². The van der Waals surface area contributed by atoms with Crippen LogP contribution in [-0.4, -0.2) is 46.2 Å². The van der Waals surface area contributed by atoms with Crippen molar-refractivity contribution >= 4 is 26.1 Å². The minimum Gasteiger partial charge on any atom is -0.469 e. The molecule has 0 spiro atoms. The Morgan fingerprint density at radius 3 is 2.16 bits per heavy atom. The molecule has 6 nitrogen and oxygen atoms in total. The summed E-state index contributed by atoms with van der Waals surface area (Å²) < 4.78 is 17.4. The van der Waals surface area contributed by atoms with Gasteiger partial charge in [0.15, 0.2) is 8.32 Å². The highest BCUT2D eigenvalue weighted by Crippen LogP contribution is 2.48. The Bertz CT molecular complexity index is 824. The second-order valence-corrected chi connectivity index (χ2v) is 16.0. The van der Waals surface area contributed by atoms with E-state index >= 15 is 0 Å². The molecule has 7 heteroatoms. The summed E-state index contributed by atoms with van der Waals surface area (Å²) in [7, 11) is -0.697. The number of ether oxygens (including phenoxy) is 2. The number of carbonyl (C=O) groups excluding carboxylic acids is 2. The van der Waals surface area contributed by atoms with Crippen molar-refractivity contribution in [2.75, 3.05) is 25.2 Å². The molecule has 31 heavy (non-hydrogen) atoms. The van der Waals surface area contributed by atoms with Gasteiger partial charge in [-0.1, -0.05) is 39.0 Å². The van der Waals surface area contributed by atoms with Crippen molar-refractivity contribution in [2.45, 2.75) is 78.1 Å². The average Bonchev–Trinajstić information content (AvgIpc) is 3.03. The van der Waals surface area contributed by atoms with Gasteiger partial charge < -0.3 is 13.9 Å². The molecule has 0 fully saturated rings. The zero-order valence-corrected chi connectivity index (χ0v) is 21.8. The summed E-state index contributed by atoms with van der Waals surface area (Å²) in [5.74, 6) is -0.606. The lowest BCUT2D eigenvalue weighted by Gasteiger charge is -2.41. The van der Waals surface area contributed by atoms with Crippen molar-refractivity contribution < 1.29 is 23.5 Å². The van der Waals surface area contributed by atoms with Crippen LogP contribution in [0.1, 0.15) is 59.9 Å². The Morgan fingerprint density at radius 1 is 1.06 bits per heavy atom. The maximum absolute atomic E-state index is 13.1. The van der Waals surface area contributed by atoms with E-state index in [-0.39, 0.29) is 23.5 Å². The molecular weight excluding hydrogens is 410 g/mol. The van der Waals surface area contributed by atoms with Gasteiger partial charge >= 0.3 is 12.1 Å². The van der Waals surface area contributed by atoms with Gasteiger partial charge in [0.2, 0.25) is 0 Å². The van der Waals surface area contributed by atoms with Gasteiger partial charge in [0.25, 0.3) is 0 Å². The fraction of sp³-hybridized carbons (Fsp3) is 0.667. The molecular formula is C24H39NO5Si. The van der Waals surface area contributed by atoms with E-state index in [1.54, 1.807) is 4.90 Å². The van der Waals surface area contributed by atoms with Crippen LogP contribution < -0.4 is 4.90 Å². The van der Waals surface area contributed by atoms with Crippen LogP contribution in [0.3, 0.4) is 0 Å². The smallest absolute Gasteiger partial charge is 0.414 e. The largest absolute Gasteiger partial charge is 0.469 e. The van der Waals surface area contributed by atoms with Crippen LogP contribution in [0.15, 0.2) is 24.3 Å². The van der Waals surface area contributed by atoms with Gasteiger partial charge in [-0.3, -0.25) is 9.69 Å². The lowest BCUT2D eigenvalue weighted by molar-refractivity contribution is -0.155. The molecule has 1 aliphatic heterocycles.